The maximum Gasteiger partial charge on any atom is 0.320 e. The number of rotatable bonds is 5. The first-order chi connectivity index (χ1) is 10.6. The van der Waals surface area contributed by atoms with E-state index in [2.05, 4.69) is 10.2 Å². The molecule has 3 rings (SSSR count). The van der Waals surface area contributed by atoms with E-state index >= 15 is 0 Å². The summed E-state index contributed by atoms with van der Waals surface area (Å²) in [4.78, 5) is 29.7. The second kappa shape index (κ2) is 6.86. The van der Waals surface area contributed by atoms with Crippen LogP contribution in [0.15, 0.2) is 0 Å². The van der Waals surface area contributed by atoms with Crippen LogP contribution < -0.4 is 5.32 Å². The average Bonchev–Trinajstić information content (AvgIpc) is 3.22. The van der Waals surface area contributed by atoms with Crippen molar-refractivity contribution < 1.29 is 9.59 Å². The standard InChI is InChI=1S/C16H28N4O2/c1-18-8-9-20(16(18)22)12-15(21)17-10-13-6-7-19(11-13)14-4-2-3-5-14/h13-14H,2-12H2,1H3,(H,17,21)/t13-/m1/s1. The monoisotopic (exact) mass is 308 g/mol. The molecule has 0 aromatic rings. The van der Waals surface area contributed by atoms with Crippen LogP contribution in [0.3, 0.4) is 0 Å². The second-order valence-corrected chi connectivity index (χ2v) is 7.02. The number of likely N-dealkylation sites (tertiary alicyclic amines) is 1. The maximum absolute atomic E-state index is 12.0. The van der Waals surface area contributed by atoms with Gasteiger partial charge in [0, 0.05) is 39.3 Å². The number of hydrogen-bond acceptors (Lipinski definition) is 3. The SMILES string of the molecule is CN1CCN(CC(=O)NC[C@H]2CCN(C3CCCC3)C2)C1=O. The summed E-state index contributed by atoms with van der Waals surface area (Å²) in [6, 6.07) is 0.752. The first-order valence-corrected chi connectivity index (χ1v) is 8.64. The van der Waals surface area contributed by atoms with Crippen LogP contribution in [0.2, 0.25) is 0 Å². The van der Waals surface area contributed by atoms with Gasteiger partial charge in [-0.15, -0.1) is 0 Å². The van der Waals surface area contributed by atoms with E-state index in [1.165, 1.54) is 38.6 Å². The predicted molar refractivity (Wildman–Crippen MR) is 84.5 cm³/mol. The molecule has 0 aromatic heterocycles. The van der Waals surface area contributed by atoms with E-state index in [-0.39, 0.29) is 18.5 Å². The highest BCUT2D eigenvalue weighted by atomic mass is 16.2. The summed E-state index contributed by atoms with van der Waals surface area (Å²) < 4.78 is 0. The van der Waals surface area contributed by atoms with Gasteiger partial charge in [-0.2, -0.15) is 0 Å². The Labute approximate surface area is 132 Å². The van der Waals surface area contributed by atoms with Crippen molar-refractivity contribution in [1.29, 1.82) is 0 Å². The molecular weight excluding hydrogens is 280 g/mol. The van der Waals surface area contributed by atoms with Gasteiger partial charge in [0.25, 0.3) is 0 Å². The fourth-order valence-electron chi connectivity index (χ4n) is 3.97. The Morgan fingerprint density at radius 3 is 2.64 bits per heavy atom. The average molecular weight is 308 g/mol. The van der Waals surface area contributed by atoms with E-state index in [0.29, 0.717) is 19.0 Å². The molecule has 0 radical (unpaired) electrons. The Hall–Kier alpha value is -1.30. The van der Waals surface area contributed by atoms with E-state index in [4.69, 9.17) is 0 Å². The predicted octanol–water partition coefficient (Wildman–Crippen LogP) is 0.735. The summed E-state index contributed by atoms with van der Waals surface area (Å²) in [5, 5.41) is 3.02. The van der Waals surface area contributed by atoms with Gasteiger partial charge in [-0.25, -0.2) is 4.79 Å². The minimum absolute atomic E-state index is 0.0250. The topological polar surface area (TPSA) is 55.9 Å². The first kappa shape index (κ1) is 15.6. The molecule has 3 aliphatic rings. The van der Waals surface area contributed by atoms with Gasteiger partial charge in [0.1, 0.15) is 6.54 Å². The molecule has 0 unspecified atom stereocenters. The zero-order valence-electron chi connectivity index (χ0n) is 13.6. The summed E-state index contributed by atoms with van der Waals surface area (Å²) in [7, 11) is 1.77. The highest BCUT2D eigenvalue weighted by molar-refractivity contribution is 5.84. The summed E-state index contributed by atoms with van der Waals surface area (Å²) in [6.07, 6.45) is 6.64. The summed E-state index contributed by atoms with van der Waals surface area (Å²) >= 11 is 0. The van der Waals surface area contributed by atoms with Gasteiger partial charge < -0.3 is 20.0 Å². The normalized spacial score (nSPS) is 27.1. The van der Waals surface area contributed by atoms with Gasteiger partial charge in [-0.05, 0) is 31.7 Å². The molecule has 2 saturated heterocycles. The first-order valence-electron chi connectivity index (χ1n) is 8.64. The van der Waals surface area contributed by atoms with Crippen molar-refractivity contribution in [1.82, 2.24) is 20.0 Å². The van der Waals surface area contributed by atoms with E-state index in [1.54, 1.807) is 16.8 Å². The van der Waals surface area contributed by atoms with Crippen molar-refractivity contribution >= 4 is 11.9 Å². The van der Waals surface area contributed by atoms with E-state index in [9.17, 15) is 9.59 Å². The van der Waals surface area contributed by atoms with Gasteiger partial charge in [-0.3, -0.25) is 4.79 Å². The van der Waals surface area contributed by atoms with E-state index in [0.717, 1.165) is 19.1 Å². The van der Waals surface area contributed by atoms with Gasteiger partial charge in [0.2, 0.25) is 5.91 Å². The van der Waals surface area contributed by atoms with Crippen molar-refractivity contribution in [2.24, 2.45) is 5.92 Å². The van der Waals surface area contributed by atoms with Gasteiger partial charge in [0.15, 0.2) is 0 Å². The van der Waals surface area contributed by atoms with Crippen LogP contribution in [0, 0.1) is 5.92 Å². The highest BCUT2D eigenvalue weighted by Gasteiger charge is 2.30. The Kier molecular flexibility index (Phi) is 4.86. The van der Waals surface area contributed by atoms with Gasteiger partial charge in [0.05, 0.1) is 0 Å². The van der Waals surface area contributed by atoms with Gasteiger partial charge in [-0.1, -0.05) is 12.8 Å². The zero-order chi connectivity index (χ0) is 15.5. The lowest BCUT2D eigenvalue weighted by atomic mass is 10.1. The van der Waals surface area contributed by atoms with Crippen LogP contribution in [-0.4, -0.2) is 79.0 Å². The fourth-order valence-corrected chi connectivity index (χ4v) is 3.97. The number of nitrogens with one attached hydrogen (secondary N) is 1. The van der Waals surface area contributed by atoms with Crippen LogP contribution in [0.1, 0.15) is 32.1 Å². The molecule has 3 fully saturated rings. The molecule has 1 aliphatic carbocycles. The molecule has 6 heteroatoms. The van der Waals surface area contributed by atoms with Crippen molar-refractivity contribution in [3.05, 3.63) is 0 Å². The molecule has 2 heterocycles. The number of urea groups is 1. The molecule has 1 saturated carbocycles. The van der Waals surface area contributed by atoms with E-state index < -0.39 is 0 Å². The molecule has 124 valence electrons. The molecule has 3 amide bonds. The lowest BCUT2D eigenvalue weighted by Gasteiger charge is -2.23. The Morgan fingerprint density at radius 1 is 1.18 bits per heavy atom. The molecule has 22 heavy (non-hydrogen) atoms. The van der Waals surface area contributed by atoms with Crippen LogP contribution in [0.4, 0.5) is 4.79 Å². The molecular formula is C16H28N4O2. The zero-order valence-corrected chi connectivity index (χ0v) is 13.6. The highest BCUT2D eigenvalue weighted by Crippen LogP contribution is 2.28. The van der Waals surface area contributed by atoms with Gasteiger partial charge >= 0.3 is 6.03 Å². The number of carbonyl (C=O) groups is 2. The summed E-state index contributed by atoms with van der Waals surface area (Å²) in [5.41, 5.74) is 0. The quantitative estimate of drug-likeness (QED) is 0.815. The fraction of sp³-hybridized carbons (Fsp3) is 0.875. The van der Waals surface area contributed by atoms with E-state index in [1.807, 2.05) is 0 Å². The summed E-state index contributed by atoms with van der Waals surface area (Å²) in [5.74, 6) is 0.546. The number of nitrogens with zero attached hydrogens (tertiary/aromatic N) is 3. The van der Waals surface area contributed by atoms with Crippen molar-refractivity contribution in [3.63, 3.8) is 0 Å². The van der Waals surface area contributed by atoms with Crippen LogP contribution in [0.25, 0.3) is 0 Å². The third-order valence-electron chi connectivity index (χ3n) is 5.38. The van der Waals surface area contributed by atoms with Crippen molar-refractivity contribution in [2.75, 3.05) is 46.3 Å². The lowest BCUT2D eigenvalue weighted by Crippen LogP contribution is -2.41. The number of carbonyl (C=O) groups excluding carboxylic acids is 2. The minimum atomic E-state index is -0.0385. The molecule has 0 aromatic carbocycles. The third-order valence-corrected chi connectivity index (χ3v) is 5.38. The second-order valence-electron chi connectivity index (χ2n) is 7.02. The maximum atomic E-state index is 12.0. The van der Waals surface area contributed by atoms with Crippen LogP contribution >= 0.6 is 0 Å². The Bertz CT molecular complexity index is 422. The van der Waals surface area contributed by atoms with Crippen LogP contribution in [-0.2, 0) is 4.79 Å². The smallest absolute Gasteiger partial charge is 0.320 e. The number of hydrogen-bond donors (Lipinski definition) is 1. The van der Waals surface area contributed by atoms with Crippen molar-refractivity contribution in [2.45, 2.75) is 38.1 Å². The molecule has 1 N–H and O–H groups in total. The lowest BCUT2D eigenvalue weighted by molar-refractivity contribution is -0.121. The largest absolute Gasteiger partial charge is 0.354 e. The minimum Gasteiger partial charge on any atom is -0.354 e. The molecule has 6 nitrogen and oxygen atoms in total. The molecule has 1 atom stereocenters. The molecule has 2 aliphatic heterocycles. The van der Waals surface area contributed by atoms with Crippen molar-refractivity contribution in [3.8, 4) is 0 Å². The Balaban J connectivity index is 1.36. The molecule has 0 bridgehead atoms. The summed E-state index contributed by atoms with van der Waals surface area (Å²) in [6.45, 7) is 4.62. The number of likely N-dealkylation sites (N-methyl/N-ethyl adjacent to an activating group) is 1. The number of amides is 3. The molecule has 0 spiro atoms. The third kappa shape index (κ3) is 3.54. The van der Waals surface area contributed by atoms with Crippen LogP contribution in [0.5, 0.6) is 0 Å². The Morgan fingerprint density at radius 2 is 1.95 bits per heavy atom.